The van der Waals surface area contributed by atoms with E-state index in [0.717, 1.165) is 6.54 Å². The molecule has 2 unspecified atom stereocenters. The Bertz CT molecular complexity index is 1040. The Balaban J connectivity index is 1.84. The fourth-order valence-corrected chi connectivity index (χ4v) is 3.86. The summed E-state index contributed by atoms with van der Waals surface area (Å²) in [4.78, 5) is 26.5. The van der Waals surface area contributed by atoms with E-state index in [1.165, 1.54) is 18.2 Å². The molecule has 0 bridgehead atoms. The molecule has 11 heteroatoms. The molecule has 0 saturated carbocycles. The van der Waals surface area contributed by atoms with Crippen molar-refractivity contribution in [2.45, 2.75) is 50.0 Å². The van der Waals surface area contributed by atoms with Gasteiger partial charge in [0.1, 0.15) is 41.5 Å². The van der Waals surface area contributed by atoms with Crippen molar-refractivity contribution >= 4 is 28.4 Å². The molecular weight excluding hydrogens is 458 g/mol. The van der Waals surface area contributed by atoms with Gasteiger partial charge in [-0.1, -0.05) is 11.6 Å². The Morgan fingerprint density at radius 2 is 1.88 bits per heavy atom. The van der Waals surface area contributed by atoms with E-state index in [4.69, 9.17) is 25.5 Å². The number of fused-ring (bicyclic) bond motifs is 1. The minimum absolute atomic E-state index is 0.0221. The van der Waals surface area contributed by atoms with E-state index in [1.807, 2.05) is 19.0 Å². The highest BCUT2D eigenvalue weighted by atomic mass is 35.5. The van der Waals surface area contributed by atoms with Crippen LogP contribution in [0.2, 0.25) is 5.02 Å². The Hall–Kier alpha value is -2.05. The number of rotatable bonds is 9. The SMILES string of the molecule is CN(C)CCCC(=O)Cc1cc(=O)oc2cc(O[C@@H]3OC(CO)[C@@H](O)[C@H](O)C3O)c(Cl)cc12. The lowest BCUT2D eigenvalue weighted by atomic mass is 9.99. The third kappa shape index (κ3) is 6.10. The monoisotopic (exact) mass is 485 g/mol. The lowest BCUT2D eigenvalue weighted by molar-refractivity contribution is -0.277. The maximum Gasteiger partial charge on any atom is 0.336 e. The van der Waals surface area contributed by atoms with Crippen molar-refractivity contribution in [3.05, 3.63) is 39.2 Å². The van der Waals surface area contributed by atoms with Crippen LogP contribution >= 0.6 is 11.6 Å². The molecule has 1 aliphatic heterocycles. The van der Waals surface area contributed by atoms with E-state index in [-0.39, 0.29) is 28.6 Å². The summed E-state index contributed by atoms with van der Waals surface area (Å²) in [7, 11) is 3.85. The van der Waals surface area contributed by atoms with Crippen molar-refractivity contribution in [2.75, 3.05) is 27.2 Å². The van der Waals surface area contributed by atoms with Gasteiger partial charge in [0.15, 0.2) is 0 Å². The highest BCUT2D eigenvalue weighted by Gasteiger charge is 2.44. The maximum atomic E-state index is 12.4. The Morgan fingerprint density at radius 1 is 1.15 bits per heavy atom. The Morgan fingerprint density at radius 3 is 2.55 bits per heavy atom. The number of carbonyl (C=O) groups is 1. The summed E-state index contributed by atoms with van der Waals surface area (Å²) < 4.78 is 16.1. The van der Waals surface area contributed by atoms with Gasteiger partial charge in [0.25, 0.3) is 0 Å². The molecule has 5 atom stereocenters. The number of hydrogen-bond donors (Lipinski definition) is 4. The van der Waals surface area contributed by atoms with Crippen LogP contribution in [-0.2, 0) is 16.0 Å². The van der Waals surface area contributed by atoms with Crippen LogP contribution in [-0.4, -0.2) is 89.1 Å². The molecule has 182 valence electrons. The normalized spacial score (nSPS) is 25.5. The molecule has 0 spiro atoms. The summed E-state index contributed by atoms with van der Waals surface area (Å²) in [6, 6.07) is 4.04. The van der Waals surface area contributed by atoms with Crippen LogP contribution in [0.1, 0.15) is 18.4 Å². The van der Waals surface area contributed by atoms with E-state index < -0.39 is 42.9 Å². The first-order valence-corrected chi connectivity index (χ1v) is 10.9. The van der Waals surface area contributed by atoms with E-state index >= 15 is 0 Å². The van der Waals surface area contributed by atoms with E-state index in [1.54, 1.807) is 0 Å². The second-order valence-corrected chi connectivity index (χ2v) is 8.71. The number of ether oxygens (including phenoxy) is 2. The molecule has 0 radical (unpaired) electrons. The molecule has 1 aromatic carbocycles. The third-order valence-corrected chi connectivity index (χ3v) is 5.72. The number of aliphatic hydroxyl groups excluding tert-OH is 4. The van der Waals surface area contributed by atoms with Crippen LogP contribution in [0.25, 0.3) is 11.0 Å². The lowest BCUT2D eigenvalue weighted by Gasteiger charge is -2.39. The number of aliphatic hydroxyl groups is 4. The molecule has 10 nitrogen and oxygen atoms in total. The van der Waals surface area contributed by atoms with Gasteiger partial charge in [0.05, 0.1) is 11.6 Å². The molecule has 4 N–H and O–H groups in total. The van der Waals surface area contributed by atoms with E-state index in [0.29, 0.717) is 23.8 Å². The van der Waals surface area contributed by atoms with Crippen LogP contribution in [0.15, 0.2) is 27.4 Å². The van der Waals surface area contributed by atoms with Gasteiger partial charge >= 0.3 is 5.63 Å². The predicted molar refractivity (Wildman–Crippen MR) is 118 cm³/mol. The molecule has 0 amide bonds. The largest absolute Gasteiger partial charge is 0.460 e. The van der Waals surface area contributed by atoms with Gasteiger partial charge in [0, 0.05) is 30.4 Å². The van der Waals surface area contributed by atoms with Gasteiger partial charge in [-0.15, -0.1) is 0 Å². The van der Waals surface area contributed by atoms with Gasteiger partial charge in [-0.05, 0) is 38.7 Å². The van der Waals surface area contributed by atoms with Crippen molar-refractivity contribution in [2.24, 2.45) is 0 Å². The smallest absolute Gasteiger partial charge is 0.336 e. The zero-order chi connectivity index (χ0) is 24.3. The number of halogens is 1. The van der Waals surface area contributed by atoms with Crippen molar-refractivity contribution < 1.29 is 39.1 Å². The number of carbonyl (C=O) groups excluding carboxylic acids is 1. The molecule has 33 heavy (non-hydrogen) atoms. The lowest BCUT2D eigenvalue weighted by Crippen LogP contribution is -2.60. The van der Waals surface area contributed by atoms with Crippen LogP contribution in [0.4, 0.5) is 0 Å². The Kier molecular flexibility index (Phi) is 8.46. The van der Waals surface area contributed by atoms with Crippen molar-refractivity contribution in [3.8, 4) is 5.75 Å². The van der Waals surface area contributed by atoms with Crippen LogP contribution < -0.4 is 10.4 Å². The molecule has 3 rings (SSSR count). The van der Waals surface area contributed by atoms with Crippen molar-refractivity contribution in [3.63, 3.8) is 0 Å². The van der Waals surface area contributed by atoms with Gasteiger partial charge in [-0.25, -0.2) is 4.79 Å². The number of Topliss-reactive ketones (excluding diaryl/α,β-unsaturated/α-hetero) is 1. The number of benzene rings is 1. The highest BCUT2D eigenvalue weighted by Crippen LogP contribution is 2.34. The molecule has 2 heterocycles. The summed E-state index contributed by atoms with van der Waals surface area (Å²) in [6.45, 7) is 0.158. The Labute approximate surface area is 194 Å². The van der Waals surface area contributed by atoms with Gasteiger partial charge in [-0.3, -0.25) is 4.79 Å². The fraction of sp³-hybridized carbons (Fsp3) is 0.545. The number of ketones is 1. The van der Waals surface area contributed by atoms with Gasteiger partial charge < -0.3 is 39.2 Å². The minimum atomic E-state index is -1.63. The zero-order valence-corrected chi connectivity index (χ0v) is 19.1. The van der Waals surface area contributed by atoms with Crippen LogP contribution in [0.5, 0.6) is 5.75 Å². The maximum absolute atomic E-state index is 12.4. The van der Waals surface area contributed by atoms with E-state index in [2.05, 4.69) is 0 Å². The first-order valence-electron chi connectivity index (χ1n) is 10.5. The molecule has 1 aliphatic rings. The quantitative estimate of drug-likeness (QED) is 0.359. The van der Waals surface area contributed by atoms with Crippen molar-refractivity contribution in [1.82, 2.24) is 4.90 Å². The topological polar surface area (TPSA) is 150 Å². The van der Waals surface area contributed by atoms with Crippen LogP contribution in [0, 0.1) is 0 Å². The molecule has 2 aromatic rings. The summed E-state index contributed by atoms with van der Waals surface area (Å²) >= 11 is 6.34. The molecule has 1 fully saturated rings. The second kappa shape index (κ2) is 10.9. The molecular formula is C22H28ClNO9. The van der Waals surface area contributed by atoms with Crippen LogP contribution in [0.3, 0.4) is 0 Å². The second-order valence-electron chi connectivity index (χ2n) is 8.31. The zero-order valence-electron chi connectivity index (χ0n) is 18.3. The highest BCUT2D eigenvalue weighted by molar-refractivity contribution is 6.32. The summed E-state index contributed by atoms with van der Waals surface area (Å²) in [5.74, 6) is -0.0485. The summed E-state index contributed by atoms with van der Waals surface area (Å²) in [5, 5.41) is 39.9. The summed E-state index contributed by atoms with van der Waals surface area (Å²) in [5.41, 5.74) is -0.0697. The molecule has 1 saturated heterocycles. The first-order chi connectivity index (χ1) is 15.6. The average molecular weight is 486 g/mol. The minimum Gasteiger partial charge on any atom is -0.460 e. The van der Waals surface area contributed by atoms with Gasteiger partial charge in [0.2, 0.25) is 6.29 Å². The average Bonchev–Trinajstić information content (AvgIpc) is 2.74. The van der Waals surface area contributed by atoms with Gasteiger partial charge in [-0.2, -0.15) is 0 Å². The third-order valence-electron chi connectivity index (χ3n) is 5.42. The summed E-state index contributed by atoms with van der Waals surface area (Å²) in [6.07, 6.45) is -6.30. The molecule has 1 aromatic heterocycles. The molecule has 0 aliphatic carbocycles. The number of hydrogen-bond acceptors (Lipinski definition) is 10. The number of nitrogens with zero attached hydrogens (tertiary/aromatic N) is 1. The van der Waals surface area contributed by atoms with E-state index in [9.17, 15) is 30.0 Å². The first kappa shape index (κ1) is 25.6. The predicted octanol–water partition coefficient (Wildman–Crippen LogP) is 0.0785. The standard InChI is InChI=1S/C22H28ClNO9/c1-24(2)5-3-4-12(26)6-11-7-18(27)31-15-9-16(14(23)8-13(11)15)32-22-21(30)20(29)19(28)17(10-25)33-22/h7-9,17,19-22,25,28-30H,3-6,10H2,1-2H3/t17?,19-,20+,21?,22-/m1/s1. The van der Waals surface area contributed by atoms with Crippen molar-refractivity contribution in [1.29, 1.82) is 0 Å². The fourth-order valence-electron chi connectivity index (χ4n) is 3.65.